The van der Waals surface area contributed by atoms with Crippen molar-refractivity contribution >= 4 is 61.1 Å². The number of thiazole rings is 2. The predicted molar refractivity (Wildman–Crippen MR) is 166 cm³/mol. The van der Waals surface area contributed by atoms with E-state index in [0.29, 0.717) is 28.6 Å². The third-order valence-electron chi connectivity index (χ3n) is 6.75. The molecule has 0 aliphatic heterocycles. The number of nitrogens with zero attached hydrogens (tertiary/aromatic N) is 5. The highest BCUT2D eigenvalue weighted by Gasteiger charge is 2.20. The van der Waals surface area contributed by atoms with Gasteiger partial charge in [-0.3, -0.25) is 9.20 Å². The molecule has 0 fully saturated rings. The maximum Gasteiger partial charge on any atom is 0.256 e. The van der Waals surface area contributed by atoms with Gasteiger partial charge >= 0.3 is 0 Å². The van der Waals surface area contributed by atoms with Crippen molar-refractivity contribution in [2.45, 2.75) is 13.8 Å². The number of anilines is 3. The molecule has 0 unspecified atom stereocenters. The van der Waals surface area contributed by atoms with E-state index in [2.05, 4.69) is 20.6 Å². The summed E-state index contributed by atoms with van der Waals surface area (Å²) in [6.07, 6.45) is 3.67. The van der Waals surface area contributed by atoms with Crippen molar-refractivity contribution in [3.8, 4) is 22.6 Å². The maximum atomic E-state index is 13.8. The minimum atomic E-state index is -0.459. The second-order valence-corrected chi connectivity index (χ2v) is 11.8. The van der Waals surface area contributed by atoms with Crippen molar-refractivity contribution in [1.82, 2.24) is 24.3 Å². The lowest BCUT2D eigenvalue weighted by molar-refractivity contribution is 0.102. The number of hydrogen-bond acceptors (Lipinski definition) is 8. The van der Waals surface area contributed by atoms with Crippen LogP contribution in [-0.2, 0) is 0 Å². The van der Waals surface area contributed by atoms with Crippen molar-refractivity contribution in [3.05, 3.63) is 106 Å². The molecule has 0 bridgehead atoms. The number of fused-ring (bicyclic) bond motifs is 2. The molecule has 42 heavy (non-hydrogen) atoms. The van der Waals surface area contributed by atoms with E-state index in [1.807, 2.05) is 65.4 Å². The molecule has 11 heteroatoms. The predicted octanol–water partition coefficient (Wildman–Crippen LogP) is 7.88. The summed E-state index contributed by atoms with van der Waals surface area (Å²) in [5.41, 5.74) is 6.31. The van der Waals surface area contributed by atoms with Crippen molar-refractivity contribution in [3.63, 3.8) is 0 Å². The second kappa shape index (κ2) is 10.4. The fourth-order valence-electron chi connectivity index (χ4n) is 4.81. The number of hydrogen-bond donors (Lipinski definition) is 2. The number of benzene rings is 3. The van der Waals surface area contributed by atoms with Gasteiger partial charge in [0.1, 0.15) is 11.5 Å². The van der Waals surface area contributed by atoms with Crippen molar-refractivity contribution < 1.29 is 9.18 Å². The van der Waals surface area contributed by atoms with Gasteiger partial charge in [-0.25, -0.2) is 24.3 Å². The zero-order valence-corrected chi connectivity index (χ0v) is 24.1. The highest BCUT2D eigenvalue weighted by Crippen LogP contribution is 2.35. The van der Waals surface area contributed by atoms with Gasteiger partial charge in [0.15, 0.2) is 4.96 Å². The van der Waals surface area contributed by atoms with Gasteiger partial charge in [-0.05, 0) is 67.9 Å². The topological polar surface area (TPSA) is 97.1 Å². The summed E-state index contributed by atoms with van der Waals surface area (Å²) < 4.78 is 16.9. The van der Waals surface area contributed by atoms with Crippen LogP contribution < -0.4 is 10.6 Å². The summed E-state index contributed by atoms with van der Waals surface area (Å²) in [5.74, 6) is -0.395. The van der Waals surface area contributed by atoms with Crippen LogP contribution in [0.1, 0.15) is 20.9 Å². The van der Waals surface area contributed by atoms with E-state index < -0.39 is 5.82 Å². The first-order valence-corrected chi connectivity index (χ1v) is 14.7. The number of aryl methyl sites for hydroxylation is 2. The lowest BCUT2D eigenvalue weighted by Gasteiger charge is -2.10. The van der Waals surface area contributed by atoms with E-state index >= 15 is 0 Å². The molecule has 206 valence electrons. The second-order valence-electron chi connectivity index (χ2n) is 9.66. The van der Waals surface area contributed by atoms with Gasteiger partial charge in [-0.15, -0.1) is 22.7 Å². The summed E-state index contributed by atoms with van der Waals surface area (Å²) in [5, 5.41) is 9.19. The molecule has 0 saturated carbocycles. The first-order chi connectivity index (χ1) is 20.4. The van der Waals surface area contributed by atoms with Crippen LogP contribution in [0.3, 0.4) is 0 Å². The van der Waals surface area contributed by atoms with Crippen LogP contribution in [0.4, 0.5) is 21.7 Å². The van der Waals surface area contributed by atoms with Crippen LogP contribution in [-0.4, -0.2) is 30.2 Å². The Morgan fingerprint density at radius 3 is 2.76 bits per heavy atom. The number of nitrogens with one attached hydrogen (secondary N) is 2. The minimum Gasteiger partial charge on any atom is -0.324 e. The van der Waals surface area contributed by atoms with Crippen LogP contribution in [0.25, 0.3) is 37.8 Å². The molecule has 0 atom stereocenters. The largest absolute Gasteiger partial charge is 0.324 e. The summed E-state index contributed by atoms with van der Waals surface area (Å²) in [4.78, 5) is 32.5. The highest BCUT2D eigenvalue weighted by molar-refractivity contribution is 7.18. The van der Waals surface area contributed by atoms with Crippen LogP contribution in [0.2, 0.25) is 0 Å². The number of imidazole rings is 1. The molecule has 0 spiro atoms. The van der Waals surface area contributed by atoms with Crippen LogP contribution in [0.5, 0.6) is 0 Å². The Morgan fingerprint density at radius 2 is 1.86 bits per heavy atom. The van der Waals surface area contributed by atoms with Crippen LogP contribution in [0, 0.1) is 19.7 Å². The Labute approximate surface area is 247 Å². The Kier molecular flexibility index (Phi) is 6.45. The van der Waals surface area contributed by atoms with E-state index in [-0.39, 0.29) is 11.5 Å². The third kappa shape index (κ3) is 4.89. The average Bonchev–Trinajstić information content (AvgIpc) is 3.68. The first-order valence-electron chi connectivity index (χ1n) is 13.0. The normalized spacial score (nSPS) is 11.3. The molecule has 4 heterocycles. The number of carbonyl (C=O) groups excluding carboxylic acids is 1. The van der Waals surface area contributed by atoms with Crippen molar-refractivity contribution in [2.24, 2.45) is 0 Å². The first kappa shape index (κ1) is 25.9. The molecule has 8 nitrogen and oxygen atoms in total. The molecular weight excluding hydrogens is 570 g/mol. The molecule has 7 aromatic rings. The van der Waals surface area contributed by atoms with Gasteiger partial charge in [0.2, 0.25) is 5.95 Å². The summed E-state index contributed by atoms with van der Waals surface area (Å²) in [7, 11) is 0. The van der Waals surface area contributed by atoms with E-state index in [4.69, 9.17) is 9.97 Å². The van der Waals surface area contributed by atoms with Gasteiger partial charge in [-0.2, -0.15) is 0 Å². The fraction of sp³-hybridized carbons (Fsp3) is 0.0645. The number of amides is 1. The number of aromatic nitrogens is 5. The van der Waals surface area contributed by atoms with Crippen molar-refractivity contribution in [2.75, 3.05) is 10.6 Å². The van der Waals surface area contributed by atoms with Gasteiger partial charge < -0.3 is 10.6 Å². The summed E-state index contributed by atoms with van der Waals surface area (Å²) in [6.45, 7) is 3.77. The van der Waals surface area contributed by atoms with Gasteiger partial charge in [0, 0.05) is 40.3 Å². The zero-order valence-electron chi connectivity index (χ0n) is 22.4. The smallest absolute Gasteiger partial charge is 0.256 e. The molecule has 0 saturated heterocycles. The van der Waals surface area contributed by atoms with Gasteiger partial charge in [0.25, 0.3) is 5.91 Å². The molecule has 0 radical (unpaired) electrons. The Hall–Kier alpha value is -5.00. The fourth-order valence-corrected chi connectivity index (χ4v) is 6.34. The quantitative estimate of drug-likeness (QED) is 0.204. The maximum absolute atomic E-state index is 13.8. The van der Waals surface area contributed by atoms with Crippen LogP contribution in [0.15, 0.2) is 84.5 Å². The molecule has 7 rings (SSSR count). The summed E-state index contributed by atoms with van der Waals surface area (Å²) in [6, 6.07) is 19.5. The molecule has 0 aliphatic rings. The third-order valence-corrected chi connectivity index (χ3v) is 8.46. The van der Waals surface area contributed by atoms with Crippen LogP contribution >= 0.6 is 22.7 Å². The molecular formula is C31H22FN7OS2. The lowest BCUT2D eigenvalue weighted by Crippen LogP contribution is -2.13. The highest BCUT2D eigenvalue weighted by atomic mass is 32.1. The van der Waals surface area contributed by atoms with E-state index in [1.165, 1.54) is 23.5 Å². The number of halogens is 1. The van der Waals surface area contributed by atoms with Crippen molar-refractivity contribution in [1.29, 1.82) is 0 Å². The Morgan fingerprint density at radius 1 is 0.952 bits per heavy atom. The average molecular weight is 592 g/mol. The SMILES string of the molecule is Cc1nc2cc(Nc3nccc(-c4c(-c5cccc(NC(=O)c6cc(F)ccc6C)c5)nc5sccn45)n3)ccc2s1. The monoisotopic (exact) mass is 591 g/mol. The van der Waals surface area contributed by atoms with Gasteiger partial charge in [0.05, 0.1) is 26.6 Å². The zero-order chi connectivity index (χ0) is 28.8. The Balaban J connectivity index is 1.23. The molecule has 1 amide bonds. The van der Waals surface area contributed by atoms with E-state index in [1.54, 1.807) is 36.6 Å². The molecule has 4 aromatic heterocycles. The van der Waals surface area contributed by atoms with E-state index in [9.17, 15) is 9.18 Å². The summed E-state index contributed by atoms with van der Waals surface area (Å²) >= 11 is 3.17. The Bertz CT molecular complexity index is 2130. The molecule has 2 N–H and O–H groups in total. The standard InChI is InChI=1S/C31H22FN7OS2/c1-17-6-7-20(32)15-23(17)29(40)35-21-5-3-4-19(14-21)27-28(39-12-13-41-31(39)38-27)24-10-11-33-30(37-24)36-22-8-9-26-25(16-22)34-18(2)42-26/h3-16H,1-2H3,(H,35,40)(H,33,36,37). The minimum absolute atomic E-state index is 0.286. The van der Waals surface area contributed by atoms with Gasteiger partial charge in [-0.1, -0.05) is 18.2 Å². The lowest BCUT2D eigenvalue weighted by atomic mass is 10.1. The molecule has 3 aromatic carbocycles. The number of rotatable bonds is 6. The van der Waals surface area contributed by atoms with E-state index in [0.717, 1.165) is 37.1 Å². The molecule has 0 aliphatic carbocycles. The number of carbonyl (C=O) groups is 1.